The van der Waals surface area contributed by atoms with Crippen LogP contribution in [0.1, 0.15) is 36.0 Å². The van der Waals surface area contributed by atoms with E-state index < -0.39 is 59.0 Å². The summed E-state index contributed by atoms with van der Waals surface area (Å²) >= 11 is 0. The minimum Gasteiger partial charge on any atom is -0.510 e. The van der Waals surface area contributed by atoms with Crippen molar-refractivity contribution in [2.75, 3.05) is 34.7 Å². The molecule has 0 bridgehead atoms. The molecule has 2 aliphatic rings. The largest absolute Gasteiger partial charge is 0.510 e. The number of rotatable bonds is 6. The van der Waals surface area contributed by atoms with Crippen molar-refractivity contribution < 1.29 is 34.8 Å². The van der Waals surface area contributed by atoms with Gasteiger partial charge in [0, 0.05) is 5.57 Å². The number of allylic oxidation sites excluding steroid dienone is 1. The van der Waals surface area contributed by atoms with Gasteiger partial charge < -0.3 is 31.1 Å². The molecule has 0 saturated carbocycles. The lowest BCUT2D eigenvalue weighted by Crippen LogP contribution is -2.45. The number of Topliss-reactive ketones (excluding diaryl/α,β-unsaturated/α-hetero) is 2. The zero-order chi connectivity index (χ0) is 26.9. The lowest BCUT2D eigenvalue weighted by molar-refractivity contribution is -0.125. The zero-order valence-electron chi connectivity index (χ0n) is 21.1. The number of phenolic OH excluding ortho intramolecular Hbond substituents is 1. The molecule has 0 fully saturated rings. The van der Waals surface area contributed by atoms with Gasteiger partial charge in [-0.1, -0.05) is 6.07 Å². The van der Waals surface area contributed by atoms with Crippen LogP contribution in [0.3, 0.4) is 0 Å². The van der Waals surface area contributed by atoms with Gasteiger partial charge >= 0.3 is 0 Å². The summed E-state index contributed by atoms with van der Waals surface area (Å²) < 4.78 is 0. The monoisotopic (exact) mass is 501 g/mol. The molecule has 196 valence electrons. The van der Waals surface area contributed by atoms with Crippen LogP contribution in [-0.2, 0) is 27.2 Å². The molecular weight excluding hydrogens is 466 g/mol. The highest BCUT2D eigenvalue weighted by Crippen LogP contribution is 2.43. The lowest BCUT2D eigenvalue weighted by Gasteiger charge is -2.35. The fourth-order valence-corrected chi connectivity index (χ4v) is 5.31. The van der Waals surface area contributed by atoms with E-state index in [-0.39, 0.29) is 29.7 Å². The molecule has 10 heteroatoms. The van der Waals surface area contributed by atoms with E-state index in [1.54, 1.807) is 20.2 Å². The maximum atomic E-state index is 13.3. The summed E-state index contributed by atoms with van der Waals surface area (Å²) in [4.78, 5) is 41.7. The minimum absolute atomic E-state index is 0.0511. The van der Waals surface area contributed by atoms with Gasteiger partial charge in [0.2, 0.25) is 0 Å². The Morgan fingerprint density at radius 3 is 2.33 bits per heavy atom. The highest BCUT2D eigenvalue weighted by atomic mass is 16.3. The van der Waals surface area contributed by atoms with E-state index in [1.165, 1.54) is 11.0 Å². The fraction of sp³-hybridized carbons (Fsp3) is 0.500. The Morgan fingerprint density at radius 2 is 1.75 bits per heavy atom. The first-order valence-corrected chi connectivity index (χ1v) is 11.9. The van der Waals surface area contributed by atoms with Gasteiger partial charge in [-0.05, 0) is 83.5 Å². The molecule has 1 aromatic rings. The van der Waals surface area contributed by atoms with Gasteiger partial charge in [-0.3, -0.25) is 19.3 Å². The summed E-state index contributed by atoms with van der Waals surface area (Å²) in [5.41, 5.74) is 6.25. The van der Waals surface area contributed by atoms with Crippen LogP contribution in [0.2, 0.25) is 0 Å². The predicted octanol–water partition coefficient (Wildman–Crippen LogP) is 0.848. The van der Waals surface area contributed by atoms with Gasteiger partial charge in [0.15, 0.2) is 11.6 Å². The first kappa shape index (κ1) is 27.4. The number of likely N-dealkylation sites (N-methyl/N-ethyl adjacent to an activating group) is 1. The molecular formula is C26H35N3O7. The van der Waals surface area contributed by atoms with E-state index >= 15 is 0 Å². The molecule has 6 N–H and O–H groups in total. The number of amides is 1. The Balaban J connectivity index is 2.16. The number of hydrogen-bond acceptors (Lipinski definition) is 9. The Morgan fingerprint density at radius 1 is 1.08 bits per heavy atom. The van der Waals surface area contributed by atoms with Crippen molar-refractivity contribution in [2.24, 2.45) is 11.7 Å². The van der Waals surface area contributed by atoms with E-state index in [0.29, 0.717) is 12.0 Å². The normalized spacial score (nSPS) is 25.2. The van der Waals surface area contributed by atoms with Crippen molar-refractivity contribution in [2.45, 2.75) is 44.2 Å². The number of carbonyl (C=O) groups excluding carboxylic acids is 3. The summed E-state index contributed by atoms with van der Waals surface area (Å²) in [5, 5.41) is 43.8. The maximum absolute atomic E-state index is 13.3. The maximum Gasteiger partial charge on any atom is 0.255 e. The Bertz CT molecular complexity index is 1140. The minimum atomic E-state index is -1.31. The Hall–Kier alpha value is -3.21. The third kappa shape index (κ3) is 5.30. The molecule has 0 spiro atoms. The standard InChI is InChI=1S/C26H35N3O7/c1-28(2)9-5-6-13-7-8-16(30)21-15(13)10-14-11-19(33)23(29(3)4)25(35)22(26(27)36)18(32)12-17(31)20(14)24(21)34/h7-8,14,19,23,30,33-35H,5-6,9-12H2,1-4H3,(H2,27,36)/b25-22-/t14-,19-,23-/m0/s1. The SMILES string of the molecule is CN(C)CCCc1ccc(O)c2c1C[C@H]1C[C@H](O)[C@H](N(C)C)/C(O)=C(/C(N)=O)C(=O)CC(=O)C1=C2O. The van der Waals surface area contributed by atoms with Crippen molar-refractivity contribution >= 4 is 23.2 Å². The van der Waals surface area contributed by atoms with E-state index in [2.05, 4.69) is 4.90 Å². The van der Waals surface area contributed by atoms with Crippen LogP contribution < -0.4 is 5.73 Å². The molecule has 3 rings (SSSR count). The molecule has 1 aromatic carbocycles. The molecule has 0 radical (unpaired) electrons. The van der Waals surface area contributed by atoms with Crippen LogP contribution in [0.4, 0.5) is 0 Å². The number of fused-ring (bicyclic) bond motifs is 2. The molecule has 0 aliphatic heterocycles. The predicted molar refractivity (Wildman–Crippen MR) is 133 cm³/mol. The highest BCUT2D eigenvalue weighted by molar-refractivity contribution is 6.25. The summed E-state index contributed by atoms with van der Waals surface area (Å²) in [6.07, 6.45) is -0.407. The number of aromatic hydroxyl groups is 1. The van der Waals surface area contributed by atoms with Gasteiger partial charge in [0.25, 0.3) is 5.91 Å². The summed E-state index contributed by atoms with van der Waals surface area (Å²) in [6, 6.07) is 2.12. The molecule has 10 nitrogen and oxygen atoms in total. The third-order valence-corrected chi connectivity index (χ3v) is 6.92. The van der Waals surface area contributed by atoms with Gasteiger partial charge in [-0.15, -0.1) is 0 Å². The molecule has 0 aromatic heterocycles. The van der Waals surface area contributed by atoms with Gasteiger partial charge in [-0.25, -0.2) is 0 Å². The lowest BCUT2D eigenvalue weighted by atomic mass is 9.73. The number of carbonyl (C=O) groups is 3. The number of hydrogen-bond donors (Lipinski definition) is 5. The Labute approximate surface area is 210 Å². The highest BCUT2D eigenvalue weighted by Gasteiger charge is 2.41. The first-order valence-electron chi connectivity index (χ1n) is 11.9. The molecule has 2 aliphatic carbocycles. The number of aryl methyl sites for hydroxylation is 1. The summed E-state index contributed by atoms with van der Waals surface area (Å²) in [5.74, 6) is -4.98. The number of phenols is 1. The number of nitrogens with zero attached hydrogens (tertiary/aromatic N) is 2. The molecule has 36 heavy (non-hydrogen) atoms. The Kier molecular flexibility index (Phi) is 8.22. The van der Waals surface area contributed by atoms with Crippen LogP contribution in [0.5, 0.6) is 5.75 Å². The smallest absolute Gasteiger partial charge is 0.255 e. The van der Waals surface area contributed by atoms with Crippen LogP contribution >= 0.6 is 0 Å². The molecule has 0 heterocycles. The number of benzene rings is 1. The van der Waals surface area contributed by atoms with E-state index in [9.17, 15) is 34.8 Å². The van der Waals surface area contributed by atoms with Crippen molar-refractivity contribution in [3.05, 3.63) is 45.7 Å². The second-order valence-electron chi connectivity index (χ2n) is 10.0. The molecule has 3 atom stereocenters. The van der Waals surface area contributed by atoms with Crippen LogP contribution in [0, 0.1) is 5.92 Å². The van der Waals surface area contributed by atoms with E-state index in [4.69, 9.17) is 5.73 Å². The quantitative estimate of drug-likeness (QED) is 0.281. The third-order valence-electron chi connectivity index (χ3n) is 6.92. The summed E-state index contributed by atoms with van der Waals surface area (Å²) in [6.45, 7) is 0.837. The van der Waals surface area contributed by atoms with Crippen molar-refractivity contribution in [1.82, 2.24) is 9.80 Å². The number of aliphatic hydroxyl groups excluding tert-OH is 3. The van der Waals surface area contributed by atoms with Crippen molar-refractivity contribution in [3.8, 4) is 5.75 Å². The number of nitrogens with two attached hydrogens (primary N) is 1. The van der Waals surface area contributed by atoms with Gasteiger partial charge in [0.1, 0.15) is 22.8 Å². The van der Waals surface area contributed by atoms with Crippen LogP contribution in [0.15, 0.2) is 29.0 Å². The van der Waals surface area contributed by atoms with Gasteiger partial charge in [-0.2, -0.15) is 0 Å². The van der Waals surface area contributed by atoms with Gasteiger partial charge in [0.05, 0.1) is 24.1 Å². The molecule has 0 saturated heterocycles. The average molecular weight is 502 g/mol. The van der Waals surface area contributed by atoms with Crippen LogP contribution in [-0.4, -0.2) is 94.6 Å². The fourth-order valence-electron chi connectivity index (χ4n) is 5.31. The summed E-state index contributed by atoms with van der Waals surface area (Å²) in [7, 11) is 7.07. The van der Waals surface area contributed by atoms with Crippen molar-refractivity contribution in [1.29, 1.82) is 0 Å². The average Bonchev–Trinajstić information content (AvgIpc) is 2.73. The zero-order valence-corrected chi connectivity index (χ0v) is 21.1. The second-order valence-corrected chi connectivity index (χ2v) is 10.0. The first-order chi connectivity index (χ1) is 16.8. The number of primary amides is 1. The second kappa shape index (κ2) is 10.8. The number of ketones is 2. The molecule has 1 amide bonds. The topological polar surface area (TPSA) is 165 Å². The van der Waals surface area contributed by atoms with E-state index in [1.807, 2.05) is 14.1 Å². The van der Waals surface area contributed by atoms with Crippen molar-refractivity contribution in [3.63, 3.8) is 0 Å². The molecule has 0 unspecified atom stereocenters. The van der Waals surface area contributed by atoms with E-state index in [0.717, 1.165) is 18.5 Å². The number of aliphatic hydroxyl groups is 3. The van der Waals surface area contributed by atoms with Crippen LogP contribution in [0.25, 0.3) is 5.76 Å².